The number of aryl methyl sites for hydroxylation is 2. The van der Waals surface area contributed by atoms with Gasteiger partial charge in [0.15, 0.2) is 0 Å². The van der Waals surface area contributed by atoms with Gasteiger partial charge in [-0.3, -0.25) is 9.59 Å². The fourth-order valence-corrected chi connectivity index (χ4v) is 3.22. The first-order valence-corrected chi connectivity index (χ1v) is 8.49. The highest BCUT2D eigenvalue weighted by molar-refractivity contribution is 7.15. The van der Waals surface area contributed by atoms with Gasteiger partial charge in [-0.2, -0.15) is 0 Å². The number of hydrogen-bond acceptors (Lipinski definition) is 5. The van der Waals surface area contributed by atoms with Crippen molar-refractivity contribution in [3.05, 3.63) is 34.6 Å². The predicted octanol–water partition coefficient (Wildman–Crippen LogP) is 2.54. The minimum absolute atomic E-state index is 0.0980. The summed E-state index contributed by atoms with van der Waals surface area (Å²) in [5.74, 6) is -1.31. The van der Waals surface area contributed by atoms with Gasteiger partial charge in [-0.15, -0.1) is 10.2 Å². The summed E-state index contributed by atoms with van der Waals surface area (Å²) in [5.41, 5.74) is 0.991. The van der Waals surface area contributed by atoms with E-state index in [2.05, 4.69) is 15.5 Å². The second-order valence-electron chi connectivity index (χ2n) is 5.68. The fourth-order valence-electron chi connectivity index (χ4n) is 2.54. The Morgan fingerprint density at radius 1 is 1.46 bits per heavy atom. The molecule has 6 nitrogen and oxygen atoms in total. The fraction of sp³-hybridized carbons (Fsp3) is 0.375. The largest absolute Gasteiger partial charge is 0.311 e. The average molecular weight is 348 g/mol. The Balaban J connectivity index is 1.69. The molecule has 1 aliphatic rings. The van der Waals surface area contributed by atoms with E-state index in [0.29, 0.717) is 16.4 Å². The van der Waals surface area contributed by atoms with E-state index < -0.39 is 5.92 Å². The van der Waals surface area contributed by atoms with Crippen LogP contribution in [0.4, 0.5) is 15.2 Å². The molecule has 126 valence electrons. The highest BCUT2D eigenvalue weighted by atomic mass is 32.1. The predicted molar refractivity (Wildman–Crippen MR) is 89.5 cm³/mol. The highest BCUT2D eigenvalue weighted by Crippen LogP contribution is 2.27. The number of halogens is 1. The number of hydrogen-bond donors (Lipinski definition) is 1. The molecule has 24 heavy (non-hydrogen) atoms. The van der Waals surface area contributed by atoms with E-state index in [1.54, 1.807) is 19.1 Å². The summed E-state index contributed by atoms with van der Waals surface area (Å²) in [6.45, 7) is 3.85. The number of nitrogens with one attached hydrogen (secondary N) is 1. The molecule has 1 aliphatic heterocycles. The summed E-state index contributed by atoms with van der Waals surface area (Å²) in [7, 11) is 0. The number of aromatic nitrogens is 2. The molecule has 0 unspecified atom stereocenters. The van der Waals surface area contributed by atoms with Gasteiger partial charge in [0.2, 0.25) is 16.9 Å². The molecule has 0 saturated carbocycles. The van der Waals surface area contributed by atoms with Gasteiger partial charge < -0.3 is 10.2 Å². The Morgan fingerprint density at radius 3 is 2.92 bits per heavy atom. The molecule has 1 aromatic heterocycles. The first-order valence-electron chi connectivity index (χ1n) is 7.67. The molecule has 0 aliphatic carbocycles. The van der Waals surface area contributed by atoms with Crippen LogP contribution in [0, 0.1) is 18.7 Å². The topological polar surface area (TPSA) is 75.2 Å². The van der Waals surface area contributed by atoms with E-state index in [1.165, 1.54) is 22.3 Å². The Bertz CT molecular complexity index is 792. The lowest BCUT2D eigenvalue weighted by molar-refractivity contribution is -0.122. The van der Waals surface area contributed by atoms with Crippen molar-refractivity contribution in [3.63, 3.8) is 0 Å². The maximum atomic E-state index is 13.7. The number of benzene rings is 1. The van der Waals surface area contributed by atoms with E-state index in [4.69, 9.17) is 0 Å². The van der Waals surface area contributed by atoms with Crippen LogP contribution in [-0.4, -0.2) is 28.6 Å². The molecule has 0 radical (unpaired) electrons. The Labute approximate surface area is 142 Å². The maximum absolute atomic E-state index is 13.7. The van der Waals surface area contributed by atoms with Crippen molar-refractivity contribution >= 4 is 34.0 Å². The second kappa shape index (κ2) is 6.64. The van der Waals surface area contributed by atoms with E-state index >= 15 is 0 Å². The number of rotatable bonds is 4. The Kier molecular flexibility index (Phi) is 4.57. The maximum Gasteiger partial charge on any atom is 0.231 e. The van der Waals surface area contributed by atoms with Crippen LogP contribution in [-0.2, 0) is 16.0 Å². The van der Waals surface area contributed by atoms with Crippen LogP contribution in [0.5, 0.6) is 0 Å². The molecule has 0 bridgehead atoms. The van der Waals surface area contributed by atoms with Crippen molar-refractivity contribution in [1.82, 2.24) is 10.2 Å². The van der Waals surface area contributed by atoms with E-state index in [-0.39, 0.29) is 30.6 Å². The monoisotopic (exact) mass is 348 g/mol. The molecule has 3 rings (SSSR count). The van der Waals surface area contributed by atoms with Gasteiger partial charge in [-0.1, -0.05) is 24.3 Å². The van der Waals surface area contributed by atoms with Crippen LogP contribution >= 0.6 is 11.3 Å². The third kappa shape index (κ3) is 3.28. The number of amides is 2. The van der Waals surface area contributed by atoms with Crippen LogP contribution in [0.3, 0.4) is 0 Å². The highest BCUT2D eigenvalue weighted by Gasteiger charge is 2.35. The smallest absolute Gasteiger partial charge is 0.231 e. The molecule has 1 saturated heterocycles. The summed E-state index contributed by atoms with van der Waals surface area (Å²) >= 11 is 1.32. The summed E-state index contributed by atoms with van der Waals surface area (Å²) < 4.78 is 13.7. The summed E-state index contributed by atoms with van der Waals surface area (Å²) in [6.07, 6.45) is 0.850. The van der Waals surface area contributed by atoms with Crippen LogP contribution in [0.2, 0.25) is 0 Å². The lowest BCUT2D eigenvalue weighted by Crippen LogP contribution is -2.28. The van der Waals surface area contributed by atoms with Crippen molar-refractivity contribution in [1.29, 1.82) is 0 Å². The normalized spacial score (nSPS) is 17.4. The molecule has 2 aromatic rings. The lowest BCUT2D eigenvalue weighted by Gasteiger charge is -2.17. The number of nitrogens with zero attached hydrogens (tertiary/aromatic N) is 3. The molecule has 1 fully saturated rings. The number of carbonyl (C=O) groups is 2. The summed E-state index contributed by atoms with van der Waals surface area (Å²) in [6, 6.07) is 4.64. The Hall–Kier alpha value is -2.35. The van der Waals surface area contributed by atoms with Crippen molar-refractivity contribution < 1.29 is 14.0 Å². The second-order valence-corrected chi connectivity index (χ2v) is 6.74. The zero-order valence-corrected chi connectivity index (χ0v) is 14.2. The quantitative estimate of drug-likeness (QED) is 0.921. The Morgan fingerprint density at radius 2 is 2.25 bits per heavy atom. The first kappa shape index (κ1) is 16.5. The van der Waals surface area contributed by atoms with E-state index in [9.17, 15) is 14.0 Å². The molecule has 2 heterocycles. The SMILES string of the molecule is CCc1nnc(NC(=O)[C@@H]2CC(=O)N(c3ccc(C)c(F)c3)C2)s1. The summed E-state index contributed by atoms with van der Waals surface area (Å²) in [4.78, 5) is 26.0. The van der Waals surface area contributed by atoms with Gasteiger partial charge in [0, 0.05) is 18.7 Å². The number of carbonyl (C=O) groups excluding carboxylic acids is 2. The van der Waals surface area contributed by atoms with Gasteiger partial charge in [0.05, 0.1) is 5.92 Å². The standard InChI is InChI=1S/C16H17FN4O2S/c1-3-13-19-20-16(24-13)18-15(23)10-6-14(22)21(8-10)11-5-4-9(2)12(17)7-11/h4-5,7,10H,3,6,8H2,1-2H3,(H,18,20,23)/t10-/m1/s1. The molecule has 1 atom stereocenters. The third-order valence-electron chi connectivity index (χ3n) is 3.96. The summed E-state index contributed by atoms with van der Waals surface area (Å²) in [5, 5.41) is 11.8. The first-order chi connectivity index (χ1) is 11.5. The zero-order chi connectivity index (χ0) is 17.3. The molecule has 8 heteroatoms. The average Bonchev–Trinajstić information content (AvgIpc) is 3.16. The van der Waals surface area contributed by atoms with Gasteiger partial charge in [-0.05, 0) is 31.0 Å². The van der Waals surface area contributed by atoms with Crippen LogP contribution in [0.15, 0.2) is 18.2 Å². The van der Waals surface area contributed by atoms with Crippen molar-refractivity contribution in [2.45, 2.75) is 26.7 Å². The lowest BCUT2D eigenvalue weighted by atomic mass is 10.1. The van der Waals surface area contributed by atoms with Gasteiger partial charge >= 0.3 is 0 Å². The van der Waals surface area contributed by atoms with E-state index in [0.717, 1.165) is 11.4 Å². The van der Waals surface area contributed by atoms with Gasteiger partial charge in [0.1, 0.15) is 10.8 Å². The molecular formula is C16H17FN4O2S. The zero-order valence-electron chi connectivity index (χ0n) is 13.4. The minimum atomic E-state index is -0.490. The van der Waals surface area contributed by atoms with Crippen molar-refractivity contribution in [3.8, 4) is 0 Å². The van der Waals surface area contributed by atoms with E-state index in [1.807, 2.05) is 6.92 Å². The third-order valence-corrected chi connectivity index (χ3v) is 4.95. The van der Waals surface area contributed by atoms with Gasteiger partial charge in [0.25, 0.3) is 0 Å². The molecular weight excluding hydrogens is 331 g/mol. The molecule has 1 N–H and O–H groups in total. The molecule has 0 spiro atoms. The van der Waals surface area contributed by atoms with Crippen LogP contribution in [0.1, 0.15) is 23.9 Å². The van der Waals surface area contributed by atoms with Crippen molar-refractivity contribution in [2.24, 2.45) is 5.92 Å². The minimum Gasteiger partial charge on any atom is -0.311 e. The van der Waals surface area contributed by atoms with Crippen LogP contribution < -0.4 is 10.2 Å². The molecule has 2 amide bonds. The van der Waals surface area contributed by atoms with Gasteiger partial charge in [-0.25, -0.2) is 4.39 Å². The molecule has 1 aromatic carbocycles. The van der Waals surface area contributed by atoms with Crippen LogP contribution in [0.25, 0.3) is 0 Å². The van der Waals surface area contributed by atoms with Crippen molar-refractivity contribution in [2.75, 3.05) is 16.8 Å². The number of anilines is 2.